The SMILES string of the molecule is COc1ccc(S(=O)(=O)NCC(=O)N2CCN(C(C)=O)CC2)cc1. The third-order valence-corrected chi connectivity index (χ3v) is 5.28. The van der Waals surface area contributed by atoms with E-state index in [1.807, 2.05) is 0 Å². The van der Waals surface area contributed by atoms with E-state index < -0.39 is 10.0 Å². The van der Waals surface area contributed by atoms with Gasteiger partial charge >= 0.3 is 0 Å². The number of ether oxygens (including phenoxy) is 1. The maximum atomic E-state index is 12.2. The molecule has 1 aliphatic heterocycles. The van der Waals surface area contributed by atoms with Gasteiger partial charge in [0.1, 0.15) is 5.75 Å². The molecule has 1 fully saturated rings. The first-order chi connectivity index (χ1) is 11.3. The minimum Gasteiger partial charge on any atom is -0.497 e. The van der Waals surface area contributed by atoms with Crippen molar-refractivity contribution >= 4 is 21.8 Å². The number of nitrogens with one attached hydrogen (secondary N) is 1. The Bertz CT molecular complexity index is 694. The average molecular weight is 355 g/mol. The summed E-state index contributed by atoms with van der Waals surface area (Å²) in [6.45, 7) is 2.92. The topological polar surface area (TPSA) is 96.0 Å². The van der Waals surface area contributed by atoms with Crippen molar-refractivity contribution in [3.05, 3.63) is 24.3 Å². The average Bonchev–Trinajstić information content (AvgIpc) is 2.60. The van der Waals surface area contributed by atoms with Gasteiger partial charge in [-0.3, -0.25) is 9.59 Å². The lowest BCUT2D eigenvalue weighted by Crippen LogP contribution is -2.52. The van der Waals surface area contributed by atoms with Gasteiger partial charge in [0.2, 0.25) is 21.8 Å². The summed E-state index contributed by atoms with van der Waals surface area (Å²) in [4.78, 5) is 26.7. The molecule has 0 radical (unpaired) electrons. The van der Waals surface area contributed by atoms with E-state index in [2.05, 4.69) is 4.72 Å². The summed E-state index contributed by atoms with van der Waals surface area (Å²) in [5.74, 6) is 0.214. The number of piperazine rings is 1. The molecule has 0 bridgehead atoms. The summed E-state index contributed by atoms with van der Waals surface area (Å²) < 4.78 is 31.7. The van der Waals surface area contributed by atoms with E-state index in [-0.39, 0.29) is 23.3 Å². The molecule has 0 saturated carbocycles. The lowest BCUT2D eigenvalue weighted by Gasteiger charge is -2.34. The number of hydrogen-bond acceptors (Lipinski definition) is 5. The van der Waals surface area contributed by atoms with E-state index in [4.69, 9.17) is 4.74 Å². The first kappa shape index (κ1) is 18.2. The minimum absolute atomic E-state index is 0.0256. The third kappa shape index (κ3) is 4.45. The Morgan fingerprint density at radius 2 is 1.62 bits per heavy atom. The number of amides is 2. The number of benzene rings is 1. The van der Waals surface area contributed by atoms with Crippen molar-refractivity contribution in [2.24, 2.45) is 0 Å². The summed E-state index contributed by atoms with van der Waals surface area (Å²) >= 11 is 0. The van der Waals surface area contributed by atoms with Crippen LogP contribution in [-0.2, 0) is 19.6 Å². The fourth-order valence-corrected chi connectivity index (χ4v) is 3.35. The Balaban J connectivity index is 1.89. The molecule has 0 unspecified atom stereocenters. The van der Waals surface area contributed by atoms with Gasteiger partial charge in [-0.25, -0.2) is 13.1 Å². The summed E-state index contributed by atoms with van der Waals surface area (Å²) in [5.41, 5.74) is 0. The smallest absolute Gasteiger partial charge is 0.241 e. The van der Waals surface area contributed by atoms with Crippen LogP contribution in [0, 0.1) is 0 Å². The van der Waals surface area contributed by atoms with E-state index in [0.29, 0.717) is 31.9 Å². The highest BCUT2D eigenvalue weighted by Gasteiger charge is 2.23. The molecule has 9 heteroatoms. The largest absolute Gasteiger partial charge is 0.497 e. The Hall–Kier alpha value is -2.13. The monoisotopic (exact) mass is 355 g/mol. The molecule has 8 nitrogen and oxygen atoms in total. The molecule has 0 aliphatic carbocycles. The zero-order valence-electron chi connectivity index (χ0n) is 13.7. The lowest BCUT2D eigenvalue weighted by atomic mass is 10.3. The van der Waals surface area contributed by atoms with Gasteiger partial charge in [-0.1, -0.05) is 0 Å². The molecular formula is C15H21N3O5S. The van der Waals surface area contributed by atoms with Crippen molar-refractivity contribution in [3.63, 3.8) is 0 Å². The fraction of sp³-hybridized carbons (Fsp3) is 0.467. The number of methoxy groups -OCH3 is 1. The quantitative estimate of drug-likeness (QED) is 0.780. The number of hydrogen-bond donors (Lipinski definition) is 1. The third-order valence-electron chi connectivity index (χ3n) is 3.86. The maximum absolute atomic E-state index is 12.2. The highest BCUT2D eigenvalue weighted by molar-refractivity contribution is 7.89. The number of sulfonamides is 1. The molecule has 132 valence electrons. The first-order valence-electron chi connectivity index (χ1n) is 7.50. The predicted molar refractivity (Wildman–Crippen MR) is 87.0 cm³/mol. The van der Waals surface area contributed by atoms with E-state index in [1.54, 1.807) is 9.80 Å². The van der Waals surface area contributed by atoms with Gasteiger partial charge in [0.05, 0.1) is 18.6 Å². The summed E-state index contributed by atoms with van der Waals surface area (Å²) in [5, 5.41) is 0. The summed E-state index contributed by atoms with van der Waals surface area (Å²) in [6, 6.07) is 5.91. The van der Waals surface area contributed by atoms with Crippen LogP contribution in [0.5, 0.6) is 5.75 Å². The van der Waals surface area contributed by atoms with Crippen LogP contribution in [0.1, 0.15) is 6.92 Å². The standard InChI is InChI=1S/C15H21N3O5S/c1-12(19)17-7-9-18(10-8-17)15(20)11-16-24(21,22)14-5-3-13(23-2)4-6-14/h3-6,16H,7-11H2,1-2H3. The van der Waals surface area contributed by atoms with E-state index in [0.717, 1.165) is 0 Å². The number of carbonyl (C=O) groups excluding carboxylic acids is 2. The van der Waals surface area contributed by atoms with Crippen molar-refractivity contribution in [3.8, 4) is 5.75 Å². The minimum atomic E-state index is -3.76. The Morgan fingerprint density at radius 3 is 2.12 bits per heavy atom. The highest BCUT2D eigenvalue weighted by Crippen LogP contribution is 2.15. The predicted octanol–water partition coefficient (Wildman–Crippen LogP) is -0.336. The molecular weight excluding hydrogens is 334 g/mol. The van der Waals surface area contributed by atoms with E-state index >= 15 is 0 Å². The molecule has 2 amide bonds. The first-order valence-corrected chi connectivity index (χ1v) is 8.99. The van der Waals surface area contributed by atoms with Crippen molar-refractivity contribution in [2.45, 2.75) is 11.8 Å². The number of nitrogens with zero attached hydrogens (tertiary/aromatic N) is 2. The Kier molecular flexibility index (Phi) is 5.79. The van der Waals surface area contributed by atoms with Crippen molar-refractivity contribution < 1.29 is 22.7 Å². The molecule has 1 saturated heterocycles. The van der Waals surface area contributed by atoms with Crippen LogP contribution in [0.3, 0.4) is 0 Å². The molecule has 1 N–H and O–H groups in total. The molecule has 0 spiro atoms. The van der Waals surface area contributed by atoms with Crippen LogP contribution in [0.15, 0.2) is 29.2 Å². The van der Waals surface area contributed by atoms with Crippen molar-refractivity contribution in [1.29, 1.82) is 0 Å². The second kappa shape index (κ2) is 7.63. The highest BCUT2D eigenvalue weighted by atomic mass is 32.2. The zero-order valence-corrected chi connectivity index (χ0v) is 14.5. The van der Waals surface area contributed by atoms with Gasteiger partial charge in [0.15, 0.2) is 0 Å². The van der Waals surface area contributed by atoms with Crippen molar-refractivity contribution in [1.82, 2.24) is 14.5 Å². The second-order valence-corrected chi connectivity index (χ2v) is 7.15. The summed E-state index contributed by atoms with van der Waals surface area (Å²) in [6.07, 6.45) is 0. The molecule has 2 rings (SSSR count). The van der Waals surface area contributed by atoms with Gasteiger partial charge in [-0.15, -0.1) is 0 Å². The van der Waals surface area contributed by atoms with Crippen LogP contribution < -0.4 is 9.46 Å². The zero-order chi connectivity index (χ0) is 17.7. The lowest BCUT2D eigenvalue weighted by molar-refractivity contribution is -0.137. The van der Waals surface area contributed by atoms with Crippen LogP contribution in [-0.4, -0.2) is 69.9 Å². The van der Waals surface area contributed by atoms with Crippen LogP contribution >= 0.6 is 0 Å². The van der Waals surface area contributed by atoms with E-state index in [1.165, 1.54) is 38.3 Å². The second-order valence-electron chi connectivity index (χ2n) is 5.39. The van der Waals surface area contributed by atoms with Gasteiger partial charge in [-0.2, -0.15) is 0 Å². The van der Waals surface area contributed by atoms with Crippen LogP contribution in [0.25, 0.3) is 0 Å². The van der Waals surface area contributed by atoms with Crippen LogP contribution in [0.2, 0.25) is 0 Å². The summed E-state index contributed by atoms with van der Waals surface area (Å²) in [7, 11) is -2.27. The fourth-order valence-electron chi connectivity index (χ4n) is 2.38. The Morgan fingerprint density at radius 1 is 1.08 bits per heavy atom. The molecule has 0 atom stereocenters. The molecule has 0 aromatic heterocycles. The molecule has 1 aromatic carbocycles. The number of carbonyl (C=O) groups is 2. The van der Waals surface area contributed by atoms with Gasteiger partial charge in [-0.05, 0) is 24.3 Å². The van der Waals surface area contributed by atoms with Crippen molar-refractivity contribution in [2.75, 3.05) is 39.8 Å². The molecule has 1 heterocycles. The number of rotatable bonds is 5. The van der Waals surface area contributed by atoms with Crippen LogP contribution in [0.4, 0.5) is 0 Å². The molecule has 24 heavy (non-hydrogen) atoms. The van der Waals surface area contributed by atoms with Gasteiger partial charge < -0.3 is 14.5 Å². The maximum Gasteiger partial charge on any atom is 0.241 e. The van der Waals surface area contributed by atoms with E-state index in [9.17, 15) is 18.0 Å². The molecule has 1 aliphatic rings. The van der Waals surface area contributed by atoms with Gasteiger partial charge in [0, 0.05) is 33.1 Å². The Labute approximate surface area is 141 Å². The molecule has 1 aromatic rings. The normalized spacial score (nSPS) is 15.2. The van der Waals surface area contributed by atoms with Gasteiger partial charge in [0.25, 0.3) is 0 Å².